The highest BCUT2D eigenvalue weighted by atomic mass is 127. The Bertz CT molecular complexity index is 790. The van der Waals surface area contributed by atoms with Crippen molar-refractivity contribution in [2.24, 2.45) is 12.0 Å². The number of guanidine groups is 1. The molecule has 0 atom stereocenters. The molecule has 1 heterocycles. The molecule has 2 aromatic rings. The molecule has 1 aromatic heterocycles. The van der Waals surface area contributed by atoms with Crippen molar-refractivity contribution in [3.05, 3.63) is 47.5 Å². The number of aryl methyl sites for hydroxylation is 1. The van der Waals surface area contributed by atoms with Crippen LogP contribution in [0, 0.1) is 6.92 Å². The quantitative estimate of drug-likeness (QED) is 0.367. The van der Waals surface area contributed by atoms with Crippen molar-refractivity contribution in [2.45, 2.75) is 63.5 Å². The molecule has 2 saturated carbocycles. The summed E-state index contributed by atoms with van der Waals surface area (Å²) in [5.74, 6) is 2.72. The predicted molar refractivity (Wildman–Crippen MR) is 123 cm³/mol. The molecule has 0 spiro atoms. The molecular weight excluding hydrogens is 463 g/mol. The van der Waals surface area contributed by atoms with Gasteiger partial charge in [0.15, 0.2) is 11.8 Å². The fourth-order valence-electron chi connectivity index (χ4n) is 3.92. The summed E-state index contributed by atoms with van der Waals surface area (Å²) in [6.45, 7) is 3.43. The Morgan fingerprint density at radius 3 is 2.50 bits per heavy atom. The summed E-state index contributed by atoms with van der Waals surface area (Å²) >= 11 is 0. The molecular formula is C21H31IN6. The van der Waals surface area contributed by atoms with Gasteiger partial charge in [-0.15, -0.1) is 34.2 Å². The molecule has 0 radical (unpaired) electrons. The maximum Gasteiger partial charge on any atom is 0.191 e. The van der Waals surface area contributed by atoms with Gasteiger partial charge in [-0.2, -0.15) is 0 Å². The molecule has 2 N–H and O–H groups in total. The Morgan fingerprint density at radius 2 is 1.89 bits per heavy atom. The predicted octanol–water partition coefficient (Wildman–Crippen LogP) is 3.45. The Balaban J connectivity index is 0.00000225. The van der Waals surface area contributed by atoms with Crippen molar-refractivity contribution in [3.63, 3.8) is 0 Å². The number of benzene rings is 1. The highest BCUT2D eigenvalue weighted by Crippen LogP contribution is 2.47. The molecule has 2 aliphatic carbocycles. The van der Waals surface area contributed by atoms with Crippen molar-refractivity contribution in [1.82, 2.24) is 25.4 Å². The van der Waals surface area contributed by atoms with E-state index in [2.05, 4.69) is 51.2 Å². The second kappa shape index (κ2) is 9.24. The topological polar surface area (TPSA) is 67.1 Å². The number of hydrogen-bond donors (Lipinski definition) is 2. The molecule has 28 heavy (non-hydrogen) atoms. The molecule has 0 amide bonds. The van der Waals surface area contributed by atoms with Gasteiger partial charge in [0.05, 0.1) is 0 Å². The maximum atomic E-state index is 4.83. The molecule has 152 valence electrons. The summed E-state index contributed by atoms with van der Waals surface area (Å²) in [5, 5.41) is 15.6. The van der Waals surface area contributed by atoms with Gasteiger partial charge in [0.2, 0.25) is 0 Å². The average Bonchev–Trinajstić information content (AvgIpc) is 3.19. The van der Waals surface area contributed by atoms with E-state index in [1.807, 2.05) is 18.5 Å². The summed E-state index contributed by atoms with van der Waals surface area (Å²) in [7, 11) is 1.99. The molecule has 4 rings (SSSR count). The summed E-state index contributed by atoms with van der Waals surface area (Å²) in [6, 6.07) is 11.4. The number of rotatable bonds is 6. The number of nitrogens with zero attached hydrogens (tertiary/aromatic N) is 4. The van der Waals surface area contributed by atoms with E-state index in [9.17, 15) is 0 Å². The number of hydrogen-bond acceptors (Lipinski definition) is 3. The lowest BCUT2D eigenvalue weighted by Crippen LogP contribution is -2.45. The first-order valence-corrected chi connectivity index (χ1v) is 10.1. The maximum absolute atomic E-state index is 4.83. The van der Waals surface area contributed by atoms with Gasteiger partial charge in [0.25, 0.3) is 0 Å². The van der Waals surface area contributed by atoms with Gasteiger partial charge in [0.1, 0.15) is 12.4 Å². The number of aromatic nitrogens is 3. The SMILES string of the molecule is Cc1nnc(CN=C(NCC2(c3ccccc3)CC2)NC2CCCC2)n1C.I. The van der Waals surface area contributed by atoms with Crippen LogP contribution >= 0.6 is 24.0 Å². The molecule has 0 bridgehead atoms. The van der Waals surface area contributed by atoms with Crippen molar-refractivity contribution in [1.29, 1.82) is 0 Å². The van der Waals surface area contributed by atoms with Crippen LogP contribution in [0.2, 0.25) is 0 Å². The van der Waals surface area contributed by atoms with E-state index in [4.69, 9.17) is 4.99 Å². The summed E-state index contributed by atoms with van der Waals surface area (Å²) in [5.41, 5.74) is 1.70. The highest BCUT2D eigenvalue weighted by Gasteiger charge is 2.44. The molecule has 6 nitrogen and oxygen atoms in total. The fourth-order valence-corrected chi connectivity index (χ4v) is 3.92. The third-order valence-electron chi connectivity index (χ3n) is 6.09. The Labute approximate surface area is 184 Å². The van der Waals surface area contributed by atoms with Gasteiger partial charge >= 0.3 is 0 Å². The molecule has 2 fully saturated rings. The van der Waals surface area contributed by atoms with Crippen LogP contribution in [0.15, 0.2) is 35.3 Å². The summed E-state index contributed by atoms with van der Waals surface area (Å²) in [4.78, 5) is 4.83. The van der Waals surface area contributed by atoms with E-state index in [0.717, 1.165) is 24.2 Å². The Hall–Kier alpha value is -1.64. The van der Waals surface area contributed by atoms with Crippen LogP contribution in [-0.4, -0.2) is 33.3 Å². The molecule has 0 unspecified atom stereocenters. The lowest BCUT2D eigenvalue weighted by Gasteiger charge is -2.21. The van der Waals surface area contributed by atoms with Gasteiger partial charge in [-0.3, -0.25) is 0 Å². The van der Waals surface area contributed by atoms with Crippen LogP contribution in [0.4, 0.5) is 0 Å². The van der Waals surface area contributed by atoms with Crippen molar-refractivity contribution in [3.8, 4) is 0 Å². The van der Waals surface area contributed by atoms with Crippen LogP contribution in [0.3, 0.4) is 0 Å². The standard InChI is InChI=1S/C21H30N6.HI/c1-16-25-26-19(27(16)2)14-22-20(24-18-10-6-7-11-18)23-15-21(12-13-21)17-8-4-3-5-9-17;/h3-5,8-9,18H,6-7,10-15H2,1-2H3,(H2,22,23,24);1H. The van der Waals surface area contributed by atoms with Crippen molar-refractivity contribution in [2.75, 3.05) is 6.54 Å². The highest BCUT2D eigenvalue weighted by molar-refractivity contribution is 14.0. The van der Waals surface area contributed by atoms with Crippen LogP contribution in [-0.2, 0) is 19.0 Å². The van der Waals surface area contributed by atoms with Crippen LogP contribution < -0.4 is 10.6 Å². The Morgan fingerprint density at radius 1 is 1.18 bits per heavy atom. The lowest BCUT2D eigenvalue weighted by atomic mass is 9.96. The first-order valence-electron chi connectivity index (χ1n) is 10.1. The average molecular weight is 494 g/mol. The third kappa shape index (κ3) is 4.85. The van der Waals surface area contributed by atoms with E-state index in [1.165, 1.54) is 44.1 Å². The van der Waals surface area contributed by atoms with Crippen molar-refractivity contribution < 1.29 is 0 Å². The first-order chi connectivity index (χ1) is 13.2. The zero-order valence-corrected chi connectivity index (χ0v) is 19.1. The zero-order chi connectivity index (χ0) is 18.7. The number of aliphatic imine (C=N–C) groups is 1. The van der Waals surface area contributed by atoms with E-state index >= 15 is 0 Å². The van der Waals surface area contributed by atoms with Gasteiger partial charge in [-0.25, -0.2) is 4.99 Å². The molecule has 0 aliphatic heterocycles. The van der Waals surface area contributed by atoms with Crippen LogP contribution in [0.5, 0.6) is 0 Å². The minimum atomic E-state index is 0. The van der Waals surface area contributed by atoms with E-state index in [-0.39, 0.29) is 29.4 Å². The van der Waals surface area contributed by atoms with Crippen molar-refractivity contribution >= 4 is 29.9 Å². The Kier molecular flexibility index (Phi) is 6.95. The second-order valence-corrected chi connectivity index (χ2v) is 8.01. The van der Waals surface area contributed by atoms with E-state index in [1.54, 1.807) is 0 Å². The monoisotopic (exact) mass is 494 g/mol. The molecule has 7 heteroatoms. The first kappa shape index (κ1) is 21.1. The largest absolute Gasteiger partial charge is 0.355 e. The zero-order valence-electron chi connectivity index (χ0n) is 16.8. The number of halogens is 1. The molecule has 2 aliphatic rings. The van der Waals surface area contributed by atoms with Gasteiger partial charge in [-0.1, -0.05) is 43.2 Å². The smallest absolute Gasteiger partial charge is 0.191 e. The van der Waals surface area contributed by atoms with Gasteiger partial charge in [-0.05, 0) is 38.2 Å². The van der Waals surface area contributed by atoms with Crippen LogP contribution in [0.1, 0.15) is 55.7 Å². The lowest BCUT2D eigenvalue weighted by molar-refractivity contribution is 0.590. The van der Waals surface area contributed by atoms with Gasteiger partial charge in [0, 0.05) is 25.0 Å². The third-order valence-corrected chi connectivity index (χ3v) is 6.09. The molecule has 0 saturated heterocycles. The van der Waals surface area contributed by atoms with E-state index in [0.29, 0.717) is 12.6 Å². The van der Waals surface area contributed by atoms with Crippen LogP contribution in [0.25, 0.3) is 0 Å². The fraction of sp³-hybridized carbons (Fsp3) is 0.571. The number of nitrogens with one attached hydrogen (secondary N) is 2. The normalized spacial score (nSPS) is 18.6. The second-order valence-electron chi connectivity index (χ2n) is 8.01. The minimum absolute atomic E-state index is 0. The summed E-state index contributed by atoms with van der Waals surface area (Å²) < 4.78 is 2.00. The van der Waals surface area contributed by atoms with E-state index < -0.39 is 0 Å². The summed E-state index contributed by atoms with van der Waals surface area (Å²) in [6.07, 6.45) is 7.55. The molecule has 1 aromatic carbocycles. The minimum Gasteiger partial charge on any atom is -0.355 e. The van der Waals surface area contributed by atoms with Gasteiger partial charge < -0.3 is 15.2 Å².